The Labute approximate surface area is 126 Å². The van der Waals surface area contributed by atoms with Crippen molar-refractivity contribution in [2.24, 2.45) is 5.10 Å². The van der Waals surface area contributed by atoms with Crippen molar-refractivity contribution >= 4 is 28.6 Å². The lowest BCUT2D eigenvalue weighted by Crippen LogP contribution is -2.13. The normalized spacial score (nSPS) is 16.1. The van der Waals surface area contributed by atoms with Gasteiger partial charge < -0.3 is 4.98 Å². The lowest BCUT2D eigenvalue weighted by atomic mass is 10.0. The first kappa shape index (κ1) is 12.5. The van der Waals surface area contributed by atoms with Crippen LogP contribution in [0.2, 0.25) is 0 Å². The van der Waals surface area contributed by atoms with E-state index in [2.05, 4.69) is 20.5 Å². The molecule has 0 aliphatic carbocycles. The Balaban J connectivity index is 1.83. The first-order valence-electron chi connectivity index (χ1n) is 6.89. The van der Waals surface area contributed by atoms with Gasteiger partial charge in [-0.15, -0.1) is 0 Å². The Hall–Kier alpha value is -3.21. The number of aromatic amines is 1. The number of nitrogens with one attached hydrogen (secondary N) is 2. The highest BCUT2D eigenvalue weighted by Crippen LogP contribution is 2.23. The van der Waals surface area contributed by atoms with Gasteiger partial charge in [0.2, 0.25) is 0 Å². The molecule has 2 N–H and O–H groups in total. The zero-order valence-corrected chi connectivity index (χ0v) is 11.6. The van der Waals surface area contributed by atoms with Crippen molar-refractivity contribution in [2.45, 2.75) is 0 Å². The SMILES string of the molecule is O=C1NN=C(c2ccncc2)/C1=C/c1c[nH]c2ccccc12. The molecule has 1 aromatic carbocycles. The number of hydrogen-bond acceptors (Lipinski definition) is 3. The fourth-order valence-electron chi connectivity index (χ4n) is 2.57. The number of H-pyrrole nitrogens is 1. The largest absolute Gasteiger partial charge is 0.361 e. The van der Waals surface area contributed by atoms with E-state index in [1.807, 2.05) is 48.7 Å². The molecule has 3 aromatic rings. The Morgan fingerprint density at radius 2 is 1.86 bits per heavy atom. The van der Waals surface area contributed by atoms with Gasteiger partial charge in [0.05, 0.1) is 5.57 Å². The second-order valence-corrected chi connectivity index (χ2v) is 4.98. The van der Waals surface area contributed by atoms with Crippen LogP contribution >= 0.6 is 0 Å². The quantitative estimate of drug-likeness (QED) is 0.711. The predicted octanol–water partition coefficient (Wildman–Crippen LogP) is 2.48. The molecule has 22 heavy (non-hydrogen) atoms. The number of carbonyl (C=O) groups excluding carboxylic acids is 1. The standard InChI is InChI=1S/C17H12N4O/c22-17-14(16(20-21-17)11-5-7-18-8-6-11)9-12-10-19-15-4-2-1-3-13(12)15/h1-10,19H,(H,21,22)/b14-9-. The van der Waals surface area contributed by atoms with E-state index in [-0.39, 0.29) is 5.91 Å². The van der Waals surface area contributed by atoms with E-state index in [4.69, 9.17) is 0 Å². The minimum Gasteiger partial charge on any atom is -0.361 e. The maximum atomic E-state index is 12.1. The van der Waals surface area contributed by atoms with Crippen molar-refractivity contribution in [1.29, 1.82) is 0 Å². The van der Waals surface area contributed by atoms with Crippen LogP contribution < -0.4 is 5.43 Å². The molecular weight excluding hydrogens is 276 g/mol. The van der Waals surface area contributed by atoms with Crippen LogP contribution in [0.3, 0.4) is 0 Å². The number of fused-ring (bicyclic) bond motifs is 1. The van der Waals surface area contributed by atoms with Crippen LogP contribution in [0.25, 0.3) is 17.0 Å². The highest BCUT2D eigenvalue weighted by atomic mass is 16.2. The third-order valence-corrected chi connectivity index (χ3v) is 3.64. The number of para-hydroxylation sites is 1. The van der Waals surface area contributed by atoms with E-state index in [9.17, 15) is 4.79 Å². The summed E-state index contributed by atoms with van der Waals surface area (Å²) in [6, 6.07) is 11.6. The van der Waals surface area contributed by atoms with Gasteiger partial charge in [-0.25, -0.2) is 5.43 Å². The molecule has 0 spiro atoms. The van der Waals surface area contributed by atoms with E-state index >= 15 is 0 Å². The smallest absolute Gasteiger partial charge is 0.273 e. The van der Waals surface area contributed by atoms with Crippen LogP contribution in [0.1, 0.15) is 11.1 Å². The fraction of sp³-hybridized carbons (Fsp3) is 0. The number of nitrogens with zero attached hydrogens (tertiary/aromatic N) is 2. The molecule has 4 rings (SSSR count). The van der Waals surface area contributed by atoms with Crippen LogP contribution in [0, 0.1) is 0 Å². The van der Waals surface area contributed by atoms with Crippen molar-refractivity contribution in [3.05, 3.63) is 71.7 Å². The van der Waals surface area contributed by atoms with Gasteiger partial charge in [-0.3, -0.25) is 9.78 Å². The second-order valence-electron chi connectivity index (χ2n) is 4.98. The molecule has 0 unspecified atom stereocenters. The minimum absolute atomic E-state index is 0.197. The molecule has 5 heteroatoms. The first-order valence-corrected chi connectivity index (χ1v) is 6.89. The summed E-state index contributed by atoms with van der Waals surface area (Å²) in [5.74, 6) is -0.197. The molecule has 0 radical (unpaired) electrons. The lowest BCUT2D eigenvalue weighted by Gasteiger charge is -2.01. The number of rotatable bonds is 2. The van der Waals surface area contributed by atoms with Crippen molar-refractivity contribution in [1.82, 2.24) is 15.4 Å². The van der Waals surface area contributed by atoms with Gasteiger partial charge in [0, 0.05) is 40.6 Å². The van der Waals surface area contributed by atoms with Crippen LogP contribution in [0.15, 0.2) is 65.7 Å². The molecule has 3 heterocycles. The van der Waals surface area contributed by atoms with E-state index in [0.717, 1.165) is 22.0 Å². The number of aromatic nitrogens is 2. The molecule has 2 aromatic heterocycles. The van der Waals surface area contributed by atoms with Crippen molar-refractivity contribution in [3.63, 3.8) is 0 Å². The Morgan fingerprint density at radius 3 is 2.73 bits per heavy atom. The summed E-state index contributed by atoms with van der Waals surface area (Å²) in [4.78, 5) is 19.3. The van der Waals surface area contributed by atoms with Crippen LogP contribution in [-0.4, -0.2) is 21.6 Å². The number of hydrogen-bond donors (Lipinski definition) is 2. The number of carbonyl (C=O) groups is 1. The zero-order chi connectivity index (χ0) is 14.9. The fourth-order valence-corrected chi connectivity index (χ4v) is 2.57. The predicted molar refractivity (Wildman–Crippen MR) is 85.2 cm³/mol. The molecule has 1 aliphatic rings. The molecule has 0 atom stereocenters. The Kier molecular flexibility index (Phi) is 2.83. The average Bonchev–Trinajstić information content (AvgIpc) is 3.14. The Bertz CT molecular complexity index is 922. The highest BCUT2D eigenvalue weighted by Gasteiger charge is 2.24. The minimum atomic E-state index is -0.197. The third kappa shape index (κ3) is 2.00. The van der Waals surface area contributed by atoms with Gasteiger partial charge in [-0.2, -0.15) is 5.10 Å². The molecule has 1 aliphatic heterocycles. The van der Waals surface area contributed by atoms with Crippen molar-refractivity contribution in [3.8, 4) is 0 Å². The average molecular weight is 288 g/mol. The summed E-state index contributed by atoms with van der Waals surface area (Å²) in [5.41, 5.74) is 6.58. The number of benzene rings is 1. The number of pyridine rings is 1. The maximum Gasteiger partial charge on any atom is 0.273 e. The lowest BCUT2D eigenvalue weighted by molar-refractivity contribution is -0.116. The van der Waals surface area contributed by atoms with Gasteiger partial charge in [0.25, 0.3) is 5.91 Å². The Morgan fingerprint density at radius 1 is 1.05 bits per heavy atom. The number of hydrazone groups is 1. The van der Waals surface area contributed by atoms with Crippen molar-refractivity contribution < 1.29 is 4.79 Å². The number of amides is 1. The summed E-state index contributed by atoms with van der Waals surface area (Å²) >= 11 is 0. The summed E-state index contributed by atoms with van der Waals surface area (Å²) in [7, 11) is 0. The van der Waals surface area contributed by atoms with Crippen LogP contribution in [0.4, 0.5) is 0 Å². The molecule has 0 fully saturated rings. The third-order valence-electron chi connectivity index (χ3n) is 3.64. The summed E-state index contributed by atoms with van der Waals surface area (Å²) < 4.78 is 0. The summed E-state index contributed by atoms with van der Waals surface area (Å²) in [5, 5.41) is 5.21. The zero-order valence-electron chi connectivity index (χ0n) is 11.6. The van der Waals surface area contributed by atoms with Gasteiger partial charge in [-0.05, 0) is 24.3 Å². The molecule has 0 saturated heterocycles. The summed E-state index contributed by atoms with van der Waals surface area (Å²) in [6.07, 6.45) is 7.13. The monoisotopic (exact) mass is 288 g/mol. The first-order chi connectivity index (χ1) is 10.8. The van der Waals surface area contributed by atoms with Crippen LogP contribution in [-0.2, 0) is 4.79 Å². The molecular formula is C17H12N4O. The molecule has 5 nitrogen and oxygen atoms in total. The van der Waals surface area contributed by atoms with E-state index < -0.39 is 0 Å². The van der Waals surface area contributed by atoms with E-state index in [1.165, 1.54) is 0 Å². The second kappa shape index (κ2) is 4.96. The van der Waals surface area contributed by atoms with Gasteiger partial charge in [-0.1, -0.05) is 18.2 Å². The van der Waals surface area contributed by atoms with Crippen molar-refractivity contribution in [2.75, 3.05) is 0 Å². The highest BCUT2D eigenvalue weighted by molar-refractivity contribution is 6.33. The van der Waals surface area contributed by atoms with Gasteiger partial charge in [0.15, 0.2) is 0 Å². The maximum absolute atomic E-state index is 12.1. The van der Waals surface area contributed by atoms with Gasteiger partial charge >= 0.3 is 0 Å². The molecule has 0 bridgehead atoms. The van der Waals surface area contributed by atoms with Crippen LogP contribution in [0.5, 0.6) is 0 Å². The van der Waals surface area contributed by atoms with E-state index in [0.29, 0.717) is 11.3 Å². The molecule has 106 valence electrons. The van der Waals surface area contributed by atoms with Gasteiger partial charge in [0.1, 0.15) is 5.71 Å². The summed E-state index contributed by atoms with van der Waals surface area (Å²) in [6.45, 7) is 0. The molecule has 1 amide bonds. The topological polar surface area (TPSA) is 70.1 Å². The molecule has 0 saturated carbocycles. The van der Waals surface area contributed by atoms with E-state index in [1.54, 1.807) is 12.4 Å².